The zero-order valence-electron chi connectivity index (χ0n) is 31.3. The van der Waals surface area contributed by atoms with Gasteiger partial charge >= 0.3 is 0 Å². The molecular formula is C41H55N7O3. The molecule has 10 nitrogen and oxygen atoms in total. The normalized spacial score (nSPS) is 13.6. The number of aryl methyl sites for hydroxylation is 2. The first kappa shape index (κ1) is 37.5. The van der Waals surface area contributed by atoms with Gasteiger partial charge in [0.15, 0.2) is 0 Å². The Balaban J connectivity index is 1.31. The lowest BCUT2D eigenvalue weighted by atomic mass is 9.75. The van der Waals surface area contributed by atoms with Gasteiger partial charge in [0.2, 0.25) is 5.91 Å². The minimum absolute atomic E-state index is 0.0930. The summed E-state index contributed by atoms with van der Waals surface area (Å²) in [5.74, 6) is 0.835. The van der Waals surface area contributed by atoms with Crippen molar-refractivity contribution in [3.05, 3.63) is 88.1 Å². The number of hydrogen-bond acceptors (Lipinski definition) is 6. The Kier molecular flexibility index (Phi) is 12.2. The van der Waals surface area contributed by atoms with Crippen LogP contribution >= 0.6 is 0 Å². The third-order valence-corrected chi connectivity index (χ3v) is 10.7. The van der Waals surface area contributed by atoms with Gasteiger partial charge in [-0.15, -0.1) is 6.58 Å². The van der Waals surface area contributed by atoms with Crippen LogP contribution in [0.5, 0.6) is 0 Å². The van der Waals surface area contributed by atoms with E-state index in [2.05, 4.69) is 67.6 Å². The van der Waals surface area contributed by atoms with E-state index in [9.17, 15) is 14.4 Å². The van der Waals surface area contributed by atoms with Gasteiger partial charge in [-0.05, 0) is 86.9 Å². The number of amides is 2. The van der Waals surface area contributed by atoms with E-state index < -0.39 is 0 Å². The number of piperazine rings is 1. The standard InChI is InChI=1S/C41H55N7O3/c1-8-12-30-22-29(7)45-40(51)34(30)26-43-39(50)33-23-32(24-36-35(33)27-44-48(36)28(5)6)31-13-14-37(42-25-31)46-18-20-47(21-19-46)38(49)15-17-41(10-3,11-4)16-9-2/h9,13-14,22-25,27-28H,2,8,10-12,15-21,26H2,1,3-7H3,(H,43,50)(H,45,51). The number of H-pyrrole nitrogens is 1. The van der Waals surface area contributed by atoms with Crippen molar-refractivity contribution in [2.24, 2.45) is 5.41 Å². The minimum atomic E-state index is -0.264. The Labute approximate surface area is 302 Å². The first-order valence-corrected chi connectivity index (χ1v) is 18.6. The van der Waals surface area contributed by atoms with E-state index in [1.54, 1.807) is 6.20 Å². The third kappa shape index (κ3) is 8.43. The van der Waals surface area contributed by atoms with Gasteiger partial charge in [-0.2, -0.15) is 5.10 Å². The van der Waals surface area contributed by atoms with Gasteiger partial charge in [0.1, 0.15) is 5.82 Å². The number of anilines is 1. The molecule has 4 heterocycles. The molecule has 0 unspecified atom stereocenters. The fourth-order valence-corrected chi connectivity index (χ4v) is 7.41. The monoisotopic (exact) mass is 693 g/mol. The van der Waals surface area contributed by atoms with Crippen molar-refractivity contribution in [2.75, 3.05) is 31.1 Å². The predicted octanol–water partition coefficient (Wildman–Crippen LogP) is 7.37. The van der Waals surface area contributed by atoms with Crippen molar-refractivity contribution in [1.29, 1.82) is 0 Å². The number of aromatic amines is 1. The van der Waals surface area contributed by atoms with E-state index >= 15 is 0 Å². The van der Waals surface area contributed by atoms with Gasteiger partial charge in [0.05, 0.1) is 17.3 Å². The van der Waals surface area contributed by atoms with Crippen molar-refractivity contribution in [2.45, 2.75) is 99.1 Å². The van der Waals surface area contributed by atoms with Gasteiger partial charge < -0.3 is 20.1 Å². The Hall–Kier alpha value is -4.73. The maximum atomic E-state index is 13.8. The number of rotatable bonds is 15. The van der Waals surface area contributed by atoms with Crippen molar-refractivity contribution >= 4 is 28.5 Å². The predicted molar refractivity (Wildman–Crippen MR) is 206 cm³/mol. The number of aromatic nitrogens is 4. The molecule has 3 aromatic heterocycles. The number of carbonyl (C=O) groups is 2. The number of allylic oxidation sites excluding steroid dienone is 1. The first-order valence-electron chi connectivity index (χ1n) is 18.6. The van der Waals surface area contributed by atoms with Crippen molar-refractivity contribution < 1.29 is 9.59 Å². The van der Waals surface area contributed by atoms with Crippen LogP contribution in [0.3, 0.4) is 0 Å². The van der Waals surface area contributed by atoms with Gasteiger partial charge in [-0.25, -0.2) is 4.98 Å². The molecule has 0 atom stereocenters. The van der Waals surface area contributed by atoms with E-state index in [1.165, 1.54) is 0 Å². The Morgan fingerprint density at radius 2 is 1.78 bits per heavy atom. The summed E-state index contributed by atoms with van der Waals surface area (Å²) in [6.45, 7) is 19.4. The highest BCUT2D eigenvalue weighted by atomic mass is 16.2. The molecular weight excluding hydrogens is 638 g/mol. The summed E-state index contributed by atoms with van der Waals surface area (Å²) in [7, 11) is 0. The quantitative estimate of drug-likeness (QED) is 0.126. The zero-order chi connectivity index (χ0) is 36.7. The summed E-state index contributed by atoms with van der Waals surface area (Å²) >= 11 is 0. The number of fused-ring (bicyclic) bond motifs is 1. The van der Waals surface area contributed by atoms with Crippen molar-refractivity contribution in [1.82, 2.24) is 30.0 Å². The highest BCUT2D eigenvalue weighted by Gasteiger charge is 2.28. The van der Waals surface area contributed by atoms with Crippen LogP contribution in [0, 0.1) is 12.3 Å². The molecule has 0 spiro atoms. The first-order chi connectivity index (χ1) is 24.5. The molecule has 10 heteroatoms. The van der Waals surface area contributed by atoms with E-state index in [0.29, 0.717) is 30.6 Å². The fourth-order valence-electron chi connectivity index (χ4n) is 7.41. The van der Waals surface area contributed by atoms with Crippen molar-refractivity contribution in [3.8, 4) is 11.1 Å². The van der Waals surface area contributed by atoms with Crippen LogP contribution in [0.1, 0.15) is 106 Å². The average molecular weight is 694 g/mol. The molecule has 1 aliphatic rings. The maximum Gasteiger partial charge on any atom is 0.253 e. The fraction of sp³-hybridized carbons (Fsp3) is 0.488. The van der Waals surface area contributed by atoms with Crippen LogP contribution in [0.15, 0.2) is 60.2 Å². The van der Waals surface area contributed by atoms with Crippen LogP contribution in [0.2, 0.25) is 0 Å². The lowest BCUT2D eigenvalue weighted by Gasteiger charge is -2.36. The topological polar surface area (TPSA) is 116 Å². The number of carbonyl (C=O) groups excluding carboxylic acids is 2. The van der Waals surface area contributed by atoms with Crippen molar-refractivity contribution in [3.63, 3.8) is 0 Å². The summed E-state index contributed by atoms with van der Waals surface area (Å²) in [5.41, 5.74) is 5.45. The zero-order valence-corrected chi connectivity index (χ0v) is 31.3. The molecule has 0 saturated carbocycles. The summed E-state index contributed by atoms with van der Waals surface area (Å²) in [5, 5.41) is 8.39. The molecule has 2 amide bonds. The lowest BCUT2D eigenvalue weighted by Crippen LogP contribution is -2.49. The Bertz CT molecular complexity index is 1890. The van der Waals surface area contributed by atoms with Crippen LogP contribution in [0.25, 0.3) is 22.0 Å². The second-order valence-electron chi connectivity index (χ2n) is 14.3. The molecule has 1 aromatic carbocycles. The second kappa shape index (κ2) is 16.5. The molecule has 0 aliphatic carbocycles. The molecule has 0 bridgehead atoms. The molecule has 1 saturated heterocycles. The molecule has 2 N–H and O–H groups in total. The van der Waals surface area contributed by atoms with Crippen LogP contribution in [0.4, 0.5) is 5.82 Å². The molecule has 51 heavy (non-hydrogen) atoms. The number of benzene rings is 1. The number of hydrogen-bond donors (Lipinski definition) is 2. The lowest BCUT2D eigenvalue weighted by molar-refractivity contribution is -0.132. The smallest absolute Gasteiger partial charge is 0.253 e. The van der Waals surface area contributed by atoms with Gasteiger partial charge in [0.25, 0.3) is 11.5 Å². The molecule has 4 aromatic rings. The van der Waals surface area contributed by atoms with Gasteiger partial charge in [0, 0.05) is 73.6 Å². The summed E-state index contributed by atoms with van der Waals surface area (Å²) in [4.78, 5) is 51.7. The van der Waals surface area contributed by atoms with Crippen LogP contribution in [-0.2, 0) is 17.8 Å². The number of nitrogens with zero attached hydrogens (tertiary/aromatic N) is 5. The Morgan fingerprint density at radius 1 is 1.04 bits per heavy atom. The van der Waals surface area contributed by atoms with Gasteiger partial charge in [-0.1, -0.05) is 46.1 Å². The van der Waals surface area contributed by atoms with Crippen LogP contribution in [-0.4, -0.2) is 62.6 Å². The summed E-state index contributed by atoms with van der Waals surface area (Å²) < 4.78 is 1.92. The Morgan fingerprint density at radius 3 is 2.41 bits per heavy atom. The summed E-state index contributed by atoms with van der Waals surface area (Å²) in [6, 6.07) is 10.1. The van der Waals surface area contributed by atoms with E-state index in [0.717, 1.165) is 90.7 Å². The highest BCUT2D eigenvalue weighted by Crippen LogP contribution is 2.36. The molecule has 1 fully saturated rings. The number of nitrogens with one attached hydrogen (secondary N) is 2. The molecule has 1 aliphatic heterocycles. The molecule has 272 valence electrons. The SMILES string of the molecule is C=CCC(CC)(CC)CCC(=O)N1CCN(c2ccc(-c3cc(C(=O)NCc4c(CCC)cc(C)[nH]c4=O)c4cnn(C(C)C)c4c3)cn2)CC1. The maximum absolute atomic E-state index is 13.8. The second-order valence-corrected chi connectivity index (χ2v) is 14.3. The van der Waals surface area contributed by atoms with Crippen LogP contribution < -0.4 is 15.8 Å². The number of pyridine rings is 2. The summed E-state index contributed by atoms with van der Waals surface area (Å²) in [6.07, 6.45) is 11.8. The van der Waals surface area contributed by atoms with Gasteiger partial charge in [-0.3, -0.25) is 19.1 Å². The van der Waals surface area contributed by atoms with E-state index in [4.69, 9.17) is 4.98 Å². The van der Waals surface area contributed by atoms with E-state index in [-0.39, 0.29) is 35.4 Å². The van der Waals surface area contributed by atoms with E-state index in [1.807, 2.05) is 53.0 Å². The minimum Gasteiger partial charge on any atom is -0.353 e. The largest absolute Gasteiger partial charge is 0.353 e. The average Bonchev–Trinajstić information content (AvgIpc) is 3.57. The highest BCUT2D eigenvalue weighted by molar-refractivity contribution is 6.08. The molecule has 5 rings (SSSR count). The third-order valence-electron chi connectivity index (χ3n) is 10.7. The molecule has 0 radical (unpaired) electrons.